The Kier molecular flexibility index (Phi) is 4.07. The third-order valence-electron chi connectivity index (χ3n) is 4.99. The second kappa shape index (κ2) is 5.20. The number of hydrogen-bond donors (Lipinski definition) is 1. The predicted octanol–water partition coefficient (Wildman–Crippen LogP) is 1.31. The Balaban J connectivity index is 2.59. The monoisotopic (exact) mass is 313 g/mol. The predicted molar refractivity (Wildman–Crippen MR) is 79.8 cm³/mol. The van der Waals surface area contributed by atoms with Gasteiger partial charge in [-0.2, -0.15) is 0 Å². The lowest BCUT2D eigenvalue weighted by atomic mass is 9.75. The van der Waals surface area contributed by atoms with E-state index in [0.29, 0.717) is 6.42 Å². The molecular formula is C16H27NO5. The van der Waals surface area contributed by atoms with Gasteiger partial charge in [0.25, 0.3) is 0 Å². The fraction of sp³-hybridized carbons (Fsp3) is 0.875. The van der Waals surface area contributed by atoms with Crippen molar-refractivity contribution in [3.8, 4) is 0 Å². The smallest absolute Gasteiger partial charge is 0.337 e. The number of methoxy groups -OCH3 is 1. The van der Waals surface area contributed by atoms with E-state index in [-0.39, 0.29) is 17.9 Å². The van der Waals surface area contributed by atoms with Gasteiger partial charge < -0.3 is 14.6 Å². The summed E-state index contributed by atoms with van der Waals surface area (Å²) < 4.78 is 10.7. The van der Waals surface area contributed by atoms with Crippen LogP contribution < -0.4 is 0 Å². The molecule has 2 rings (SSSR count). The molecule has 2 aliphatic rings. The average molecular weight is 313 g/mol. The SMILES string of the molecule is CCC[C@@H]1C(=O)N2[C@H](C(C)(C)C)OC[C@@]2(C(=O)OC)[C@]1(C)O. The maximum absolute atomic E-state index is 13.0. The zero-order chi connectivity index (χ0) is 16.9. The van der Waals surface area contributed by atoms with Crippen molar-refractivity contribution in [2.24, 2.45) is 11.3 Å². The van der Waals surface area contributed by atoms with Crippen LogP contribution in [0.2, 0.25) is 0 Å². The summed E-state index contributed by atoms with van der Waals surface area (Å²) in [5.74, 6) is -1.46. The third kappa shape index (κ3) is 2.00. The number of nitrogens with zero attached hydrogens (tertiary/aromatic N) is 1. The third-order valence-corrected chi connectivity index (χ3v) is 4.99. The number of amides is 1. The highest BCUT2D eigenvalue weighted by Gasteiger charge is 2.75. The molecule has 2 heterocycles. The minimum absolute atomic E-state index is 0.0411. The van der Waals surface area contributed by atoms with Crippen molar-refractivity contribution in [2.45, 2.75) is 64.8 Å². The van der Waals surface area contributed by atoms with Crippen molar-refractivity contribution in [2.75, 3.05) is 13.7 Å². The number of fused-ring (bicyclic) bond motifs is 1. The maximum atomic E-state index is 13.0. The molecule has 126 valence electrons. The van der Waals surface area contributed by atoms with Crippen LogP contribution in [0.4, 0.5) is 0 Å². The van der Waals surface area contributed by atoms with Crippen molar-refractivity contribution in [1.29, 1.82) is 0 Å². The lowest BCUT2D eigenvalue weighted by Crippen LogP contribution is -2.64. The molecule has 1 amide bonds. The van der Waals surface area contributed by atoms with Crippen LogP contribution in [0.3, 0.4) is 0 Å². The number of carbonyl (C=O) groups is 2. The fourth-order valence-corrected chi connectivity index (χ4v) is 3.80. The van der Waals surface area contributed by atoms with Crippen molar-refractivity contribution in [1.82, 2.24) is 4.90 Å². The van der Waals surface area contributed by atoms with Crippen LogP contribution in [-0.2, 0) is 19.1 Å². The molecule has 0 unspecified atom stereocenters. The molecule has 0 bridgehead atoms. The van der Waals surface area contributed by atoms with E-state index in [2.05, 4.69) is 0 Å². The van der Waals surface area contributed by atoms with Gasteiger partial charge in [-0.1, -0.05) is 34.1 Å². The molecule has 2 aliphatic heterocycles. The molecule has 0 radical (unpaired) electrons. The van der Waals surface area contributed by atoms with Crippen molar-refractivity contribution in [3.63, 3.8) is 0 Å². The summed E-state index contributed by atoms with van der Waals surface area (Å²) in [6, 6.07) is 0. The van der Waals surface area contributed by atoms with Gasteiger partial charge in [0.05, 0.1) is 19.6 Å². The highest BCUT2D eigenvalue weighted by molar-refractivity contribution is 5.96. The zero-order valence-corrected chi connectivity index (χ0v) is 14.3. The van der Waals surface area contributed by atoms with Gasteiger partial charge in [0.1, 0.15) is 11.8 Å². The first-order valence-electron chi connectivity index (χ1n) is 7.81. The Hall–Kier alpha value is -1.14. The Labute approximate surface area is 131 Å². The highest BCUT2D eigenvalue weighted by Crippen LogP contribution is 2.52. The van der Waals surface area contributed by atoms with Gasteiger partial charge in [-0.15, -0.1) is 0 Å². The summed E-state index contributed by atoms with van der Waals surface area (Å²) in [5, 5.41) is 11.1. The molecular weight excluding hydrogens is 286 g/mol. The van der Waals surface area contributed by atoms with Crippen molar-refractivity contribution < 1.29 is 24.2 Å². The van der Waals surface area contributed by atoms with Crippen LogP contribution in [0.25, 0.3) is 0 Å². The van der Waals surface area contributed by atoms with Gasteiger partial charge in [-0.3, -0.25) is 9.69 Å². The first-order chi connectivity index (χ1) is 10.1. The second-order valence-corrected chi connectivity index (χ2v) is 7.58. The van der Waals surface area contributed by atoms with E-state index < -0.39 is 29.3 Å². The second-order valence-electron chi connectivity index (χ2n) is 7.58. The molecule has 2 fully saturated rings. The van der Waals surface area contributed by atoms with E-state index in [0.717, 1.165) is 6.42 Å². The number of ether oxygens (including phenoxy) is 2. The molecule has 0 aromatic heterocycles. The molecule has 2 saturated heterocycles. The van der Waals surface area contributed by atoms with Gasteiger partial charge in [0, 0.05) is 5.41 Å². The molecule has 0 spiro atoms. The van der Waals surface area contributed by atoms with Gasteiger partial charge in [-0.05, 0) is 13.3 Å². The lowest BCUT2D eigenvalue weighted by Gasteiger charge is -2.40. The molecule has 0 aromatic carbocycles. The summed E-state index contributed by atoms with van der Waals surface area (Å²) in [7, 11) is 1.27. The molecule has 1 N–H and O–H groups in total. The van der Waals surface area contributed by atoms with Gasteiger partial charge in [0.15, 0.2) is 5.54 Å². The van der Waals surface area contributed by atoms with Crippen LogP contribution in [0, 0.1) is 11.3 Å². The summed E-state index contributed by atoms with van der Waals surface area (Å²) >= 11 is 0. The number of aliphatic hydroxyl groups is 1. The molecule has 6 nitrogen and oxygen atoms in total. The zero-order valence-electron chi connectivity index (χ0n) is 14.3. The van der Waals surface area contributed by atoms with Gasteiger partial charge in [0.2, 0.25) is 5.91 Å². The van der Waals surface area contributed by atoms with E-state index in [9.17, 15) is 14.7 Å². The molecule has 0 aromatic rings. The number of esters is 1. The van der Waals surface area contributed by atoms with E-state index >= 15 is 0 Å². The standard InChI is InChI=1S/C16H27NO5/c1-7-8-10-11(18)17-12(14(2,3)4)22-9-16(17,13(19)21-6)15(10,5)20/h10,12,20H,7-9H2,1-6H3/t10-,12+,15-,16-/m1/s1. The summed E-state index contributed by atoms with van der Waals surface area (Å²) in [6.45, 7) is 9.30. The van der Waals surface area contributed by atoms with Crippen LogP contribution in [-0.4, -0.2) is 53.0 Å². The quantitative estimate of drug-likeness (QED) is 0.795. The first-order valence-corrected chi connectivity index (χ1v) is 7.81. The molecule has 4 atom stereocenters. The maximum Gasteiger partial charge on any atom is 0.337 e. The summed E-state index contributed by atoms with van der Waals surface area (Å²) in [5.41, 5.74) is -3.35. The van der Waals surface area contributed by atoms with Crippen molar-refractivity contribution in [3.05, 3.63) is 0 Å². The van der Waals surface area contributed by atoms with Crippen LogP contribution in [0.15, 0.2) is 0 Å². The van der Waals surface area contributed by atoms with Crippen LogP contribution >= 0.6 is 0 Å². The Morgan fingerprint density at radius 1 is 1.50 bits per heavy atom. The number of rotatable bonds is 3. The van der Waals surface area contributed by atoms with E-state index in [1.807, 2.05) is 27.7 Å². The normalized spacial score (nSPS) is 38.3. The fourth-order valence-electron chi connectivity index (χ4n) is 3.80. The minimum Gasteiger partial charge on any atom is -0.467 e. The topological polar surface area (TPSA) is 76.1 Å². The molecule has 22 heavy (non-hydrogen) atoms. The minimum atomic E-state index is -1.52. The van der Waals surface area contributed by atoms with Crippen LogP contribution in [0.5, 0.6) is 0 Å². The van der Waals surface area contributed by atoms with Crippen molar-refractivity contribution >= 4 is 11.9 Å². The average Bonchev–Trinajstić information content (AvgIpc) is 2.90. The molecule has 6 heteroatoms. The van der Waals surface area contributed by atoms with E-state index in [1.165, 1.54) is 12.0 Å². The molecule has 0 saturated carbocycles. The Bertz CT molecular complexity index is 481. The highest BCUT2D eigenvalue weighted by atomic mass is 16.6. The summed E-state index contributed by atoms with van der Waals surface area (Å²) in [4.78, 5) is 26.9. The lowest BCUT2D eigenvalue weighted by molar-refractivity contribution is -0.167. The van der Waals surface area contributed by atoms with Crippen LogP contribution in [0.1, 0.15) is 47.5 Å². The number of hydrogen-bond acceptors (Lipinski definition) is 5. The molecule has 0 aliphatic carbocycles. The van der Waals surface area contributed by atoms with E-state index in [1.54, 1.807) is 6.92 Å². The first kappa shape index (κ1) is 17.2. The van der Waals surface area contributed by atoms with Gasteiger partial charge in [-0.25, -0.2) is 4.79 Å². The Morgan fingerprint density at radius 2 is 2.09 bits per heavy atom. The van der Waals surface area contributed by atoms with E-state index in [4.69, 9.17) is 9.47 Å². The summed E-state index contributed by atoms with van der Waals surface area (Å²) in [6.07, 6.45) is 0.712. The van der Waals surface area contributed by atoms with Gasteiger partial charge >= 0.3 is 5.97 Å². The Morgan fingerprint density at radius 3 is 2.55 bits per heavy atom. The largest absolute Gasteiger partial charge is 0.467 e. The number of carbonyl (C=O) groups excluding carboxylic acids is 2.